The van der Waals surface area contributed by atoms with Crippen molar-refractivity contribution in [2.24, 2.45) is 5.92 Å². The summed E-state index contributed by atoms with van der Waals surface area (Å²) in [7, 11) is 0. The summed E-state index contributed by atoms with van der Waals surface area (Å²) in [5, 5.41) is 0. The van der Waals surface area contributed by atoms with Crippen molar-refractivity contribution in [3.8, 4) is 5.69 Å². The van der Waals surface area contributed by atoms with Crippen LogP contribution in [0.5, 0.6) is 0 Å². The number of nitrogens with zero attached hydrogens (tertiary/aromatic N) is 5. The zero-order chi connectivity index (χ0) is 26.7. The first kappa shape index (κ1) is 25.6. The van der Waals surface area contributed by atoms with Crippen LogP contribution in [0.3, 0.4) is 0 Å². The Bertz CT molecular complexity index is 1440. The van der Waals surface area contributed by atoms with E-state index >= 15 is 0 Å². The van der Waals surface area contributed by atoms with Gasteiger partial charge in [0.15, 0.2) is 11.3 Å². The summed E-state index contributed by atoms with van der Waals surface area (Å²) in [6.07, 6.45) is -6.98. The lowest BCUT2D eigenvalue weighted by Gasteiger charge is -2.23. The average Bonchev–Trinajstić information content (AvgIpc) is 3.43. The molecule has 5 rings (SSSR count). The molecule has 0 amide bonds. The summed E-state index contributed by atoms with van der Waals surface area (Å²) in [5.41, 5.74) is 2.97. The number of pyridine rings is 1. The second kappa shape index (κ2) is 9.04. The maximum atomic E-state index is 14.3. The first-order chi connectivity index (χ1) is 17.3. The van der Waals surface area contributed by atoms with E-state index in [1.54, 1.807) is 22.9 Å². The van der Waals surface area contributed by atoms with Gasteiger partial charge in [0.1, 0.15) is 0 Å². The van der Waals surface area contributed by atoms with Crippen LogP contribution < -0.4 is 0 Å². The van der Waals surface area contributed by atoms with Gasteiger partial charge in [0.05, 0.1) is 23.3 Å². The first-order valence-corrected chi connectivity index (χ1v) is 12.1. The molecule has 11 heteroatoms. The lowest BCUT2D eigenvalue weighted by atomic mass is 10.1. The quantitative estimate of drug-likeness (QED) is 0.251. The molecule has 0 radical (unpaired) electrons. The van der Waals surface area contributed by atoms with E-state index in [-0.39, 0.29) is 30.5 Å². The van der Waals surface area contributed by atoms with Gasteiger partial charge in [0.25, 0.3) is 0 Å². The molecule has 1 saturated carbocycles. The number of alkyl halides is 6. The van der Waals surface area contributed by atoms with Crippen LogP contribution in [0.15, 0.2) is 30.5 Å². The van der Waals surface area contributed by atoms with Gasteiger partial charge in [-0.2, -0.15) is 26.3 Å². The molecule has 0 unspecified atom stereocenters. The number of fused-ring (bicyclic) bond motifs is 3. The number of hydrogen-bond acceptors (Lipinski definition) is 3. The molecule has 1 aromatic carbocycles. The summed E-state index contributed by atoms with van der Waals surface area (Å²) in [5.74, 6) is 0.236. The Balaban J connectivity index is 1.74. The molecule has 0 spiro atoms. The van der Waals surface area contributed by atoms with Crippen LogP contribution in [0, 0.1) is 26.7 Å². The van der Waals surface area contributed by atoms with Crippen molar-refractivity contribution in [2.45, 2.75) is 58.9 Å². The predicted molar refractivity (Wildman–Crippen MR) is 128 cm³/mol. The van der Waals surface area contributed by atoms with E-state index in [1.807, 2.05) is 32.9 Å². The van der Waals surface area contributed by atoms with E-state index in [9.17, 15) is 26.3 Å². The molecule has 1 aliphatic rings. The van der Waals surface area contributed by atoms with Crippen molar-refractivity contribution < 1.29 is 26.3 Å². The molecule has 0 saturated heterocycles. The fourth-order valence-corrected chi connectivity index (χ4v) is 5.18. The smallest absolute Gasteiger partial charge is 0.297 e. The minimum Gasteiger partial charge on any atom is -0.297 e. The summed E-state index contributed by atoms with van der Waals surface area (Å²) < 4.78 is 85.1. The minimum absolute atomic E-state index is 0.0354. The van der Waals surface area contributed by atoms with E-state index in [4.69, 9.17) is 0 Å². The molecule has 1 fully saturated rings. The zero-order valence-electron chi connectivity index (χ0n) is 20.7. The van der Waals surface area contributed by atoms with Crippen LogP contribution in [0.2, 0.25) is 0 Å². The van der Waals surface area contributed by atoms with E-state index in [0.29, 0.717) is 23.4 Å². The van der Waals surface area contributed by atoms with Gasteiger partial charge >= 0.3 is 12.4 Å². The van der Waals surface area contributed by atoms with Crippen molar-refractivity contribution in [1.82, 2.24) is 23.8 Å². The standard InChI is InChI=1S/C26H27F6N5/c1-15-11-16(2)21(17(3)12-15)37-23-19(5-4-9-33-23)36-20(22(26(30,31)32)34-24(36)37)14-35(13-18-6-7-18)10-8-25(27,28)29/h4-5,9,11-12,18H,6-8,10,13-14H2,1-3H3. The number of rotatable bonds is 7. The minimum atomic E-state index is -4.78. The summed E-state index contributed by atoms with van der Waals surface area (Å²) >= 11 is 0. The fraction of sp³-hybridized carbons (Fsp3) is 0.462. The Morgan fingerprint density at radius 3 is 2.30 bits per heavy atom. The highest BCUT2D eigenvalue weighted by atomic mass is 19.4. The largest absolute Gasteiger partial charge is 0.435 e. The molecule has 4 aromatic rings. The third kappa shape index (κ3) is 5.05. The molecule has 0 atom stereocenters. The average molecular weight is 524 g/mol. The molecule has 3 aromatic heterocycles. The van der Waals surface area contributed by atoms with Gasteiger partial charge in [-0.25, -0.2) is 9.97 Å². The van der Waals surface area contributed by atoms with E-state index in [1.165, 1.54) is 9.30 Å². The second-order valence-corrected chi connectivity index (χ2v) is 10.0. The molecule has 5 nitrogen and oxygen atoms in total. The number of benzene rings is 1. The highest BCUT2D eigenvalue weighted by Crippen LogP contribution is 2.38. The number of hydrogen-bond donors (Lipinski definition) is 0. The maximum absolute atomic E-state index is 14.3. The molecule has 198 valence electrons. The Labute approximate surface area is 209 Å². The van der Waals surface area contributed by atoms with E-state index in [0.717, 1.165) is 29.5 Å². The van der Waals surface area contributed by atoms with E-state index < -0.39 is 24.5 Å². The molecule has 37 heavy (non-hydrogen) atoms. The van der Waals surface area contributed by atoms with Crippen LogP contribution in [0.4, 0.5) is 26.3 Å². The number of halogens is 6. The van der Waals surface area contributed by atoms with Crippen LogP contribution in [0.1, 0.15) is 47.3 Å². The van der Waals surface area contributed by atoms with Gasteiger partial charge in [-0.05, 0) is 62.8 Å². The van der Waals surface area contributed by atoms with Crippen LogP contribution in [0.25, 0.3) is 22.6 Å². The van der Waals surface area contributed by atoms with Crippen molar-refractivity contribution in [3.63, 3.8) is 0 Å². The highest BCUT2D eigenvalue weighted by molar-refractivity contribution is 5.81. The number of imidazole rings is 2. The number of aromatic nitrogens is 4. The van der Waals surface area contributed by atoms with Crippen LogP contribution in [-0.4, -0.2) is 43.1 Å². The SMILES string of the molecule is Cc1cc(C)c(-n2c3ncccc3n3c(CN(CCC(F)(F)F)CC4CC4)c(C(F)(F)F)nc23)c(C)c1. The van der Waals surface area contributed by atoms with Crippen molar-refractivity contribution in [2.75, 3.05) is 13.1 Å². The van der Waals surface area contributed by atoms with Gasteiger partial charge < -0.3 is 0 Å². The van der Waals surface area contributed by atoms with Gasteiger partial charge in [-0.15, -0.1) is 0 Å². The molecule has 0 N–H and O–H groups in total. The monoisotopic (exact) mass is 523 g/mol. The summed E-state index contributed by atoms with van der Waals surface area (Å²) in [6.45, 7) is 5.33. The van der Waals surface area contributed by atoms with Crippen molar-refractivity contribution >= 4 is 16.9 Å². The topological polar surface area (TPSA) is 38.4 Å². The molecule has 3 heterocycles. The Hall–Kier alpha value is -3.08. The lowest BCUT2D eigenvalue weighted by molar-refractivity contribution is -0.143. The molecule has 1 aliphatic carbocycles. The zero-order valence-corrected chi connectivity index (χ0v) is 20.7. The second-order valence-electron chi connectivity index (χ2n) is 10.0. The maximum Gasteiger partial charge on any atom is 0.435 e. The van der Waals surface area contributed by atoms with E-state index in [2.05, 4.69) is 9.97 Å². The van der Waals surface area contributed by atoms with Crippen LogP contribution >= 0.6 is 0 Å². The Morgan fingerprint density at radius 2 is 1.70 bits per heavy atom. The van der Waals surface area contributed by atoms with Gasteiger partial charge in [0.2, 0.25) is 5.78 Å². The third-order valence-corrected chi connectivity index (χ3v) is 6.80. The normalized spacial score (nSPS) is 15.0. The Kier molecular flexibility index (Phi) is 6.24. The predicted octanol–water partition coefficient (Wildman–Crippen LogP) is 6.78. The number of aryl methyl sites for hydroxylation is 3. The first-order valence-electron chi connectivity index (χ1n) is 12.1. The molecular formula is C26H27F6N5. The Morgan fingerprint density at radius 1 is 1.03 bits per heavy atom. The summed E-state index contributed by atoms with van der Waals surface area (Å²) in [6, 6.07) is 7.17. The lowest BCUT2D eigenvalue weighted by Crippen LogP contribution is -2.31. The van der Waals surface area contributed by atoms with Crippen molar-refractivity contribution in [1.29, 1.82) is 0 Å². The van der Waals surface area contributed by atoms with Crippen molar-refractivity contribution in [3.05, 3.63) is 58.5 Å². The molecule has 0 bridgehead atoms. The molecule has 0 aliphatic heterocycles. The fourth-order valence-electron chi connectivity index (χ4n) is 5.18. The molecular weight excluding hydrogens is 496 g/mol. The van der Waals surface area contributed by atoms with Gasteiger partial charge in [-0.1, -0.05) is 17.7 Å². The van der Waals surface area contributed by atoms with Gasteiger partial charge in [-0.3, -0.25) is 13.9 Å². The summed E-state index contributed by atoms with van der Waals surface area (Å²) in [4.78, 5) is 10.0. The van der Waals surface area contributed by atoms with Gasteiger partial charge in [0, 0.05) is 25.8 Å². The third-order valence-electron chi connectivity index (χ3n) is 6.80. The van der Waals surface area contributed by atoms with Crippen LogP contribution in [-0.2, 0) is 12.7 Å². The highest BCUT2D eigenvalue weighted by Gasteiger charge is 2.40.